The van der Waals surface area contributed by atoms with Gasteiger partial charge in [-0.2, -0.15) is 0 Å². The number of rotatable bonds is 6. The van der Waals surface area contributed by atoms with Gasteiger partial charge < -0.3 is 24.5 Å². The van der Waals surface area contributed by atoms with Crippen LogP contribution in [0.1, 0.15) is 6.42 Å². The van der Waals surface area contributed by atoms with Crippen molar-refractivity contribution < 1.29 is 19.4 Å². The summed E-state index contributed by atoms with van der Waals surface area (Å²) >= 11 is 0. The molecular weight excluding hydrogens is 274 g/mol. The number of imidazole rings is 1. The number of carboxylic acids is 1. The van der Waals surface area contributed by atoms with Gasteiger partial charge in [0.25, 0.3) is 0 Å². The van der Waals surface area contributed by atoms with E-state index in [0.717, 1.165) is 13.0 Å². The molecule has 2 aliphatic heterocycles. The molecule has 4 atom stereocenters. The lowest BCUT2D eigenvalue weighted by molar-refractivity contribution is -0.313. The Morgan fingerprint density at radius 3 is 2.71 bits per heavy atom. The van der Waals surface area contributed by atoms with Gasteiger partial charge in [-0.25, -0.2) is 4.98 Å². The maximum atomic E-state index is 12.2. The van der Waals surface area contributed by atoms with E-state index >= 15 is 0 Å². The Hall–Kier alpha value is -2.15. The highest BCUT2D eigenvalue weighted by molar-refractivity contribution is 5.86. The Labute approximate surface area is 121 Å². The zero-order chi connectivity index (χ0) is 14.8. The minimum atomic E-state index is -1.23. The molecule has 1 aromatic heterocycles. The molecule has 3 heterocycles. The predicted octanol–water partition coefficient (Wildman–Crippen LogP) is -1.29. The van der Waals surface area contributed by atoms with Gasteiger partial charge in [0.15, 0.2) is 0 Å². The smallest absolute Gasteiger partial charge is 0.226 e. The number of nitrogens with one attached hydrogen (secondary N) is 1. The van der Waals surface area contributed by atoms with Gasteiger partial charge in [-0.1, -0.05) is 12.2 Å². The van der Waals surface area contributed by atoms with Crippen LogP contribution in [0.25, 0.3) is 0 Å². The average Bonchev–Trinajstić information content (AvgIpc) is 3.18. The molecule has 7 nitrogen and oxygen atoms in total. The summed E-state index contributed by atoms with van der Waals surface area (Å²) in [6, 6.07) is 0. The maximum absolute atomic E-state index is 12.2. The number of hydrogen-bond acceptors (Lipinski definition) is 5. The molecule has 2 bridgehead atoms. The molecule has 1 saturated heterocycles. The van der Waals surface area contributed by atoms with Crippen LogP contribution >= 0.6 is 0 Å². The van der Waals surface area contributed by atoms with Gasteiger partial charge in [0.05, 0.1) is 24.5 Å². The third kappa shape index (κ3) is 2.69. The van der Waals surface area contributed by atoms with Gasteiger partial charge in [-0.3, -0.25) is 4.79 Å². The van der Waals surface area contributed by atoms with E-state index < -0.39 is 30.0 Å². The fourth-order valence-corrected chi connectivity index (χ4v) is 2.91. The summed E-state index contributed by atoms with van der Waals surface area (Å²) in [4.78, 5) is 27.3. The van der Waals surface area contributed by atoms with E-state index in [4.69, 9.17) is 4.74 Å². The number of carboxylic acid groups (broad SMARTS) is 1. The summed E-state index contributed by atoms with van der Waals surface area (Å²) < 4.78 is 7.36. The molecule has 112 valence electrons. The van der Waals surface area contributed by atoms with Crippen molar-refractivity contribution in [1.82, 2.24) is 14.9 Å². The van der Waals surface area contributed by atoms with Crippen molar-refractivity contribution in [1.29, 1.82) is 0 Å². The Morgan fingerprint density at radius 1 is 1.29 bits per heavy atom. The van der Waals surface area contributed by atoms with Crippen molar-refractivity contribution >= 4 is 11.9 Å². The van der Waals surface area contributed by atoms with Crippen molar-refractivity contribution in [2.45, 2.75) is 25.2 Å². The molecular formula is C14H16N3O4-. The number of ether oxygens (including phenoxy) is 1. The molecule has 0 unspecified atom stereocenters. The largest absolute Gasteiger partial charge is 0.550 e. The highest BCUT2D eigenvalue weighted by atomic mass is 16.5. The van der Waals surface area contributed by atoms with E-state index in [9.17, 15) is 14.7 Å². The zero-order valence-corrected chi connectivity index (χ0v) is 11.3. The van der Waals surface area contributed by atoms with Crippen molar-refractivity contribution in [2.75, 3.05) is 6.54 Å². The van der Waals surface area contributed by atoms with Crippen molar-refractivity contribution in [3.63, 3.8) is 0 Å². The molecule has 0 aromatic carbocycles. The molecule has 0 aliphatic carbocycles. The van der Waals surface area contributed by atoms with Crippen LogP contribution in [0.15, 0.2) is 30.9 Å². The second kappa shape index (κ2) is 5.69. The van der Waals surface area contributed by atoms with Gasteiger partial charge in [0, 0.05) is 37.4 Å². The van der Waals surface area contributed by atoms with Crippen LogP contribution in [0, 0.1) is 11.8 Å². The molecule has 0 spiro atoms. The summed E-state index contributed by atoms with van der Waals surface area (Å²) in [7, 11) is 0. The molecule has 3 rings (SSSR count). The minimum Gasteiger partial charge on any atom is -0.550 e. The number of fused-ring (bicyclic) bond motifs is 2. The van der Waals surface area contributed by atoms with Gasteiger partial charge >= 0.3 is 0 Å². The second-order valence-corrected chi connectivity index (χ2v) is 5.27. The van der Waals surface area contributed by atoms with E-state index in [1.165, 1.54) is 0 Å². The highest BCUT2D eigenvalue weighted by Gasteiger charge is 2.49. The zero-order valence-electron chi connectivity index (χ0n) is 11.3. The van der Waals surface area contributed by atoms with Crippen LogP contribution in [0.2, 0.25) is 0 Å². The van der Waals surface area contributed by atoms with Crippen LogP contribution in [0.4, 0.5) is 0 Å². The fraction of sp³-hybridized carbons (Fsp3) is 0.500. The first-order valence-corrected chi connectivity index (χ1v) is 6.95. The maximum Gasteiger partial charge on any atom is 0.226 e. The highest BCUT2D eigenvalue weighted by Crippen LogP contribution is 2.38. The van der Waals surface area contributed by atoms with Crippen LogP contribution in [-0.2, 0) is 20.9 Å². The van der Waals surface area contributed by atoms with Gasteiger partial charge in [-0.05, 0) is 6.42 Å². The molecule has 2 aliphatic rings. The van der Waals surface area contributed by atoms with Gasteiger partial charge in [-0.15, -0.1) is 0 Å². The second-order valence-electron chi connectivity index (χ2n) is 5.27. The lowest BCUT2D eigenvalue weighted by atomic mass is 9.82. The van der Waals surface area contributed by atoms with Crippen LogP contribution in [0.5, 0.6) is 0 Å². The summed E-state index contributed by atoms with van der Waals surface area (Å²) in [5, 5.41) is 14.0. The summed E-state index contributed by atoms with van der Waals surface area (Å²) in [6.45, 7) is 1.23. The van der Waals surface area contributed by atoms with Crippen LogP contribution in [-0.4, -0.2) is 40.2 Å². The Kier molecular flexibility index (Phi) is 3.74. The SMILES string of the molecule is O=C(NCCCn1ccnc1)[C@@H]1[C@@H](C(=O)[O-])[C@H]2C=C[C@@H]1O2. The number of aliphatic carboxylic acids is 1. The average molecular weight is 290 g/mol. The summed E-state index contributed by atoms with van der Waals surface area (Å²) in [5.74, 6) is -3.11. The Bertz CT molecular complexity index is 555. The van der Waals surface area contributed by atoms with Crippen LogP contribution in [0.3, 0.4) is 0 Å². The van der Waals surface area contributed by atoms with E-state index in [-0.39, 0.29) is 5.91 Å². The molecule has 1 aromatic rings. The monoisotopic (exact) mass is 290 g/mol. The lowest BCUT2D eigenvalue weighted by Crippen LogP contribution is -2.47. The van der Waals surface area contributed by atoms with E-state index in [0.29, 0.717) is 6.54 Å². The summed E-state index contributed by atoms with van der Waals surface area (Å²) in [6.07, 6.45) is 8.45. The number of amides is 1. The standard InChI is InChI=1S/C14H17N3O4/c18-13(16-4-1-6-17-7-5-15-8-17)11-9-2-3-10(21-9)12(11)14(19)20/h2-3,5,7-12H,1,4,6H2,(H,16,18)(H,19,20)/p-1/t9-,10+,11-,12-/m0/s1. The molecule has 21 heavy (non-hydrogen) atoms. The third-order valence-corrected chi connectivity index (χ3v) is 3.93. The van der Waals surface area contributed by atoms with Crippen molar-refractivity contribution in [2.24, 2.45) is 11.8 Å². The first-order valence-electron chi connectivity index (χ1n) is 6.95. The molecule has 1 fully saturated rings. The van der Waals surface area contributed by atoms with Crippen molar-refractivity contribution in [3.8, 4) is 0 Å². The molecule has 1 amide bonds. The molecule has 0 radical (unpaired) electrons. The van der Waals surface area contributed by atoms with E-state index in [2.05, 4.69) is 10.3 Å². The van der Waals surface area contributed by atoms with Gasteiger partial charge in [0.1, 0.15) is 0 Å². The lowest BCUT2D eigenvalue weighted by Gasteiger charge is -2.24. The number of hydrogen-bond donors (Lipinski definition) is 1. The molecule has 7 heteroatoms. The topological polar surface area (TPSA) is 96.3 Å². The quantitative estimate of drug-likeness (QED) is 0.519. The number of carbonyl (C=O) groups excluding carboxylic acids is 2. The predicted molar refractivity (Wildman–Crippen MR) is 69.6 cm³/mol. The Morgan fingerprint density at radius 2 is 2.05 bits per heavy atom. The third-order valence-electron chi connectivity index (χ3n) is 3.93. The van der Waals surface area contributed by atoms with Crippen LogP contribution < -0.4 is 10.4 Å². The summed E-state index contributed by atoms with van der Waals surface area (Å²) in [5.41, 5.74) is 0. The number of carbonyl (C=O) groups is 2. The first kappa shape index (κ1) is 13.8. The van der Waals surface area contributed by atoms with E-state index in [1.807, 2.05) is 10.8 Å². The number of aromatic nitrogens is 2. The van der Waals surface area contributed by atoms with E-state index in [1.54, 1.807) is 24.7 Å². The molecule has 0 saturated carbocycles. The number of aryl methyl sites for hydroxylation is 1. The number of nitrogens with zero attached hydrogens (tertiary/aromatic N) is 2. The van der Waals surface area contributed by atoms with Crippen molar-refractivity contribution in [3.05, 3.63) is 30.9 Å². The van der Waals surface area contributed by atoms with Gasteiger partial charge in [0.2, 0.25) is 5.91 Å². The Balaban J connectivity index is 1.51. The normalized spacial score (nSPS) is 29.7. The fourth-order valence-electron chi connectivity index (χ4n) is 2.91. The molecule has 1 N–H and O–H groups in total. The first-order chi connectivity index (χ1) is 10.2. The minimum absolute atomic E-state index is 0.285.